The molecule has 184 valence electrons. The average molecular weight is 487 g/mol. The van der Waals surface area contributed by atoms with E-state index in [1.165, 1.54) is 6.92 Å². The summed E-state index contributed by atoms with van der Waals surface area (Å²) < 4.78 is 7.17. The maximum absolute atomic E-state index is 13.2. The number of para-hydroxylation sites is 1. The molecule has 36 heavy (non-hydrogen) atoms. The van der Waals surface area contributed by atoms with Crippen LogP contribution in [0, 0.1) is 0 Å². The molecule has 0 bridgehead atoms. The van der Waals surface area contributed by atoms with E-state index >= 15 is 0 Å². The summed E-state index contributed by atoms with van der Waals surface area (Å²) in [5.74, 6) is -1.28. The Balaban J connectivity index is 1.76. The smallest absolute Gasteiger partial charge is 0.259 e. The van der Waals surface area contributed by atoms with Crippen LogP contribution in [0.2, 0.25) is 0 Å². The molecule has 0 fully saturated rings. The van der Waals surface area contributed by atoms with Gasteiger partial charge in [-0.15, -0.1) is 0 Å². The van der Waals surface area contributed by atoms with Gasteiger partial charge < -0.3 is 24.7 Å². The minimum absolute atomic E-state index is 0.152. The number of rotatable bonds is 8. The molecule has 1 aliphatic rings. The second-order valence-electron chi connectivity index (χ2n) is 8.67. The van der Waals surface area contributed by atoms with Crippen molar-refractivity contribution >= 4 is 56.4 Å². The minimum Gasteiger partial charge on any atom is -0.389 e. The maximum Gasteiger partial charge on any atom is 0.259 e. The van der Waals surface area contributed by atoms with E-state index in [0.29, 0.717) is 34.3 Å². The van der Waals surface area contributed by atoms with Crippen LogP contribution in [-0.2, 0) is 25.7 Å². The average Bonchev–Trinajstić information content (AvgIpc) is 3.50. The number of ether oxygens (including phenoxy) is 1. The highest BCUT2D eigenvalue weighted by molar-refractivity contribution is 6.51. The molecule has 4 aromatic rings. The number of carbonyl (C=O) groups excluding carboxylic acids is 3. The molecule has 1 atom stereocenters. The number of aromatic nitrogens is 2. The summed E-state index contributed by atoms with van der Waals surface area (Å²) in [6.45, 7) is 4.09. The Morgan fingerprint density at radius 1 is 1.08 bits per heavy atom. The lowest BCUT2D eigenvalue weighted by Crippen LogP contribution is -2.22. The molecule has 9 nitrogen and oxygen atoms in total. The summed E-state index contributed by atoms with van der Waals surface area (Å²) in [5, 5.41) is 17.2. The first-order valence-electron chi connectivity index (χ1n) is 11.7. The molecule has 3 heterocycles. The Labute approximate surface area is 206 Å². The van der Waals surface area contributed by atoms with Crippen molar-refractivity contribution in [3.05, 3.63) is 66.0 Å². The van der Waals surface area contributed by atoms with Gasteiger partial charge in [0.1, 0.15) is 0 Å². The molecule has 1 aliphatic heterocycles. The number of fused-ring (bicyclic) bond motifs is 2. The summed E-state index contributed by atoms with van der Waals surface area (Å²) in [6.07, 6.45) is 2.67. The number of hydrogen-bond acceptors (Lipinski definition) is 5. The van der Waals surface area contributed by atoms with E-state index in [9.17, 15) is 19.5 Å². The summed E-state index contributed by atoms with van der Waals surface area (Å²) in [7, 11) is 0. The third kappa shape index (κ3) is 4.08. The number of benzene rings is 2. The van der Waals surface area contributed by atoms with Gasteiger partial charge in [0.15, 0.2) is 0 Å². The lowest BCUT2D eigenvalue weighted by molar-refractivity contribution is -0.122. The highest BCUT2D eigenvalue weighted by Gasteiger charge is 2.35. The van der Waals surface area contributed by atoms with Gasteiger partial charge in [-0.1, -0.05) is 24.3 Å². The molecule has 1 unspecified atom stereocenters. The van der Waals surface area contributed by atoms with Crippen LogP contribution in [0.1, 0.15) is 25.0 Å². The summed E-state index contributed by atoms with van der Waals surface area (Å²) >= 11 is 0. The molecule has 0 saturated heterocycles. The molecular formula is C27H26N4O5. The molecule has 0 radical (unpaired) electrons. The van der Waals surface area contributed by atoms with Crippen molar-refractivity contribution in [2.75, 3.05) is 18.5 Å². The number of nitrogens with zero attached hydrogens (tertiary/aromatic N) is 1. The lowest BCUT2D eigenvalue weighted by Gasteiger charge is -2.13. The molecule has 3 amide bonds. The number of imide groups is 1. The molecule has 9 heteroatoms. The second kappa shape index (κ2) is 9.44. The van der Waals surface area contributed by atoms with E-state index in [1.54, 1.807) is 24.5 Å². The monoisotopic (exact) mass is 486 g/mol. The highest BCUT2D eigenvalue weighted by atomic mass is 16.5. The van der Waals surface area contributed by atoms with Crippen molar-refractivity contribution in [2.24, 2.45) is 0 Å². The number of aliphatic hydroxyl groups excluding tert-OH is 1. The molecule has 2 aromatic carbocycles. The first kappa shape index (κ1) is 23.5. The summed E-state index contributed by atoms with van der Waals surface area (Å²) in [6, 6.07) is 12.9. The first-order valence-corrected chi connectivity index (χ1v) is 11.7. The van der Waals surface area contributed by atoms with Gasteiger partial charge in [-0.05, 0) is 25.1 Å². The van der Waals surface area contributed by atoms with Crippen LogP contribution in [0.15, 0.2) is 54.9 Å². The first-order chi connectivity index (χ1) is 17.4. The van der Waals surface area contributed by atoms with E-state index in [1.807, 2.05) is 41.8 Å². The summed E-state index contributed by atoms with van der Waals surface area (Å²) in [4.78, 5) is 41.4. The number of nitrogens with one attached hydrogen (secondary N) is 3. The fourth-order valence-electron chi connectivity index (χ4n) is 4.77. The Hall–Kier alpha value is -4.21. The van der Waals surface area contributed by atoms with Gasteiger partial charge in [0.25, 0.3) is 11.8 Å². The van der Waals surface area contributed by atoms with Crippen molar-refractivity contribution in [3.63, 3.8) is 0 Å². The van der Waals surface area contributed by atoms with E-state index in [0.717, 1.165) is 10.9 Å². The van der Waals surface area contributed by atoms with Crippen molar-refractivity contribution in [2.45, 2.75) is 26.5 Å². The number of H-pyrrole nitrogens is 1. The third-order valence-electron chi connectivity index (χ3n) is 6.20. The lowest BCUT2D eigenvalue weighted by atomic mass is 9.95. The third-order valence-corrected chi connectivity index (χ3v) is 6.20. The molecule has 4 N–H and O–H groups in total. The van der Waals surface area contributed by atoms with Crippen molar-refractivity contribution in [3.8, 4) is 0 Å². The Bertz CT molecular complexity index is 1540. The van der Waals surface area contributed by atoms with Gasteiger partial charge in [-0.25, -0.2) is 0 Å². The van der Waals surface area contributed by atoms with Gasteiger partial charge in [0.05, 0.1) is 41.6 Å². The van der Waals surface area contributed by atoms with E-state index in [2.05, 4.69) is 15.6 Å². The van der Waals surface area contributed by atoms with Gasteiger partial charge in [-0.3, -0.25) is 19.7 Å². The number of hydrogen-bond donors (Lipinski definition) is 4. The highest BCUT2D eigenvalue weighted by Crippen LogP contribution is 2.40. The Kier molecular flexibility index (Phi) is 6.17. The zero-order valence-electron chi connectivity index (χ0n) is 19.9. The zero-order valence-corrected chi connectivity index (χ0v) is 19.9. The maximum atomic E-state index is 13.2. The second-order valence-corrected chi connectivity index (χ2v) is 8.67. The Morgan fingerprint density at radius 3 is 2.58 bits per heavy atom. The van der Waals surface area contributed by atoms with E-state index < -0.39 is 17.9 Å². The topological polar surface area (TPSA) is 125 Å². The molecular weight excluding hydrogens is 460 g/mol. The molecule has 5 rings (SSSR count). The number of carbonyl (C=O) groups is 3. The van der Waals surface area contributed by atoms with E-state index in [-0.39, 0.29) is 30.2 Å². The number of amides is 3. The van der Waals surface area contributed by atoms with Crippen LogP contribution in [0.3, 0.4) is 0 Å². The molecule has 0 aliphatic carbocycles. The normalized spacial score (nSPS) is 14.6. The Morgan fingerprint density at radius 2 is 1.83 bits per heavy atom. The van der Waals surface area contributed by atoms with Gasteiger partial charge in [0.2, 0.25) is 5.91 Å². The molecule has 0 spiro atoms. The number of anilines is 1. The van der Waals surface area contributed by atoms with Gasteiger partial charge in [-0.2, -0.15) is 0 Å². The predicted molar refractivity (Wildman–Crippen MR) is 137 cm³/mol. The number of aliphatic hydroxyl groups is 1. The van der Waals surface area contributed by atoms with Crippen LogP contribution in [0.4, 0.5) is 5.69 Å². The van der Waals surface area contributed by atoms with Crippen molar-refractivity contribution in [1.29, 1.82) is 0 Å². The zero-order chi connectivity index (χ0) is 25.4. The van der Waals surface area contributed by atoms with Crippen molar-refractivity contribution in [1.82, 2.24) is 14.9 Å². The summed E-state index contributed by atoms with van der Waals surface area (Å²) in [5.41, 5.74) is 3.61. The van der Waals surface area contributed by atoms with Gasteiger partial charge in [0, 0.05) is 53.3 Å². The SMILES string of the molecule is CCOCC(O)Cn1cc(C2=C(c3c[nH]c4ccccc34)C(=O)NC2=O)c2c(NC(C)=O)cccc21. The minimum atomic E-state index is -0.793. The largest absolute Gasteiger partial charge is 0.389 e. The standard InChI is InChI=1S/C27H26N4O5/c1-3-36-14-16(33)12-31-13-19(23-21(29-15(2)32)9-6-10-22(23)31)25-24(26(34)30-27(25)35)18-11-28-20-8-5-4-7-17(18)20/h4-11,13,16,28,33H,3,12,14H2,1-2H3,(H,29,32)(H,30,34,35). The van der Waals surface area contributed by atoms with Crippen molar-refractivity contribution < 1.29 is 24.2 Å². The van der Waals surface area contributed by atoms with Crippen LogP contribution >= 0.6 is 0 Å². The predicted octanol–water partition coefficient (Wildman–Crippen LogP) is 3.05. The fourth-order valence-corrected chi connectivity index (χ4v) is 4.77. The van der Waals surface area contributed by atoms with E-state index in [4.69, 9.17) is 4.74 Å². The quantitative estimate of drug-likeness (QED) is 0.285. The van der Waals surface area contributed by atoms with Crippen LogP contribution in [-0.4, -0.2) is 51.7 Å². The molecule has 2 aromatic heterocycles. The molecule has 0 saturated carbocycles. The number of aromatic amines is 1. The fraction of sp³-hybridized carbons (Fsp3) is 0.222. The van der Waals surface area contributed by atoms with Crippen LogP contribution in [0.25, 0.3) is 33.0 Å². The van der Waals surface area contributed by atoms with Crippen LogP contribution in [0.5, 0.6) is 0 Å². The van der Waals surface area contributed by atoms with Gasteiger partial charge >= 0.3 is 0 Å². The van der Waals surface area contributed by atoms with Crippen LogP contribution < -0.4 is 10.6 Å².